The van der Waals surface area contributed by atoms with Gasteiger partial charge in [-0.1, -0.05) is 60.7 Å². The second-order valence-electron chi connectivity index (χ2n) is 15.3. The van der Waals surface area contributed by atoms with Crippen molar-refractivity contribution in [1.82, 2.24) is 26.6 Å². The first-order chi connectivity index (χ1) is 32.4. The molecule has 7 atom stereocenters. The summed E-state index contributed by atoms with van der Waals surface area (Å²) in [6.07, 6.45) is -9.66. The van der Waals surface area contributed by atoms with Crippen LogP contribution < -0.4 is 32.3 Å². The number of sulfone groups is 1. The lowest BCUT2D eigenvalue weighted by molar-refractivity contribution is -0.286. The number of nitrogens with zero attached hydrogens (tertiary/aromatic N) is 2. The number of carbonyl (C=O) groups is 7. The van der Waals surface area contributed by atoms with E-state index in [4.69, 9.17) is 5.73 Å². The third-order valence-electron chi connectivity index (χ3n) is 9.48. The van der Waals surface area contributed by atoms with Crippen molar-refractivity contribution in [1.29, 1.82) is 0 Å². The van der Waals surface area contributed by atoms with Crippen LogP contribution in [0.15, 0.2) is 95.2 Å². The van der Waals surface area contributed by atoms with Crippen LogP contribution in [-0.2, 0) is 65.3 Å². The Balaban J connectivity index is 1.88. The van der Waals surface area contributed by atoms with Crippen LogP contribution in [0.5, 0.6) is 0 Å². The molecule has 0 unspecified atom stereocenters. The molecule has 3 aromatic rings. The smallest absolute Gasteiger partial charge is 0.391 e. The Bertz CT molecular complexity index is 2350. The van der Waals surface area contributed by atoms with Crippen LogP contribution in [0.1, 0.15) is 44.7 Å². The fourth-order valence-electron chi connectivity index (χ4n) is 5.79. The molecule has 376 valence electrons. The number of hydrogen-bond acceptors (Lipinski definition) is 17. The second kappa shape index (κ2) is 27.5. The number of alkyl halides is 3. The maximum Gasteiger partial charge on any atom is 0.495 e. The number of hydrogen-bond donors (Lipinski definition) is 8. The quantitative estimate of drug-likeness (QED) is 0.0196. The first kappa shape index (κ1) is 56.8. The Kier molecular flexibility index (Phi) is 22.7. The van der Waals surface area contributed by atoms with E-state index in [-0.39, 0.29) is 18.7 Å². The number of amides is 5. The molecule has 5 amide bonds. The Morgan fingerprint density at radius 2 is 1.26 bits per heavy atom. The van der Waals surface area contributed by atoms with Gasteiger partial charge in [0.25, 0.3) is 0 Å². The van der Waals surface area contributed by atoms with Crippen LogP contribution in [0.2, 0.25) is 0 Å². The minimum Gasteiger partial charge on any atom is -0.391 e. The van der Waals surface area contributed by atoms with Crippen LogP contribution >= 0.6 is 11.8 Å². The summed E-state index contributed by atoms with van der Waals surface area (Å²) >= 11 is 0.756. The van der Waals surface area contributed by atoms with Gasteiger partial charge >= 0.3 is 18.1 Å². The molecular formula is C43H53F3N8O13S2. The highest BCUT2D eigenvalue weighted by atomic mass is 32.2. The van der Waals surface area contributed by atoms with Gasteiger partial charge in [0.05, 0.1) is 41.0 Å². The summed E-state index contributed by atoms with van der Waals surface area (Å²) in [6.45, 7) is 3.50. The van der Waals surface area contributed by atoms with E-state index >= 15 is 0 Å². The number of aliphatic hydroxyl groups is 2. The molecule has 0 saturated carbocycles. The van der Waals surface area contributed by atoms with Crippen molar-refractivity contribution >= 4 is 74.4 Å². The largest absolute Gasteiger partial charge is 0.495 e. The molecule has 0 heterocycles. The second-order valence-corrected chi connectivity index (χ2v) is 18.5. The molecule has 3 aromatic carbocycles. The zero-order chi connectivity index (χ0) is 51.3. The van der Waals surface area contributed by atoms with E-state index in [0.717, 1.165) is 25.6 Å². The van der Waals surface area contributed by atoms with Gasteiger partial charge in [-0.2, -0.15) is 23.4 Å². The zero-order valence-corrected chi connectivity index (χ0v) is 39.0. The zero-order valence-electron chi connectivity index (χ0n) is 37.4. The summed E-state index contributed by atoms with van der Waals surface area (Å²) in [5.41, 5.74) is 7.70. The molecule has 3 rings (SSSR count). The van der Waals surface area contributed by atoms with Crippen molar-refractivity contribution in [2.45, 2.75) is 94.4 Å². The number of halogens is 3. The SMILES string of the molecule is CC(=O)NCSC[C@H](NC(=O)[C@H](CCCS(=O)(=O)Cc1ccc(N=Nc2ccccc2)cc1)NC(=O)[C@@H](NC(=O)[C@H](Cc1ccccc1)NC(=O)[C@@H](N)[C@@H](C)O)[C@@H](C)O)C(=O)OOC(=O)C(F)(F)F. The molecule has 0 bridgehead atoms. The van der Waals surface area contributed by atoms with Crippen LogP contribution in [0, 0.1) is 0 Å². The minimum absolute atomic E-state index is 0.169. The molecular weight excluding hydrogens is 958 g/mol. The normalized spacial score (nSPS) is 14.7. The monoisotopic (exact) mass is 1010 g/mol. The number of rotatable bonds is 25. The lowest BCUT2D eigenvalue weighted by atomic mass is 10.0. The van der Waals surface area contributed by atoms with Gasteiger partial charge in [0.15, 0.2) is 9.84 Å². The Hall–Kier alpha value is -6.48. The maximum absolute atomic E-state index is 13.9. The summed E-state index contributed by atoms with van der Waals surface area (Å²) < 4.78 is 65.0. The van der Waals surface area contributed by atoms with Crippen molar-refractivity contribution in [3.63, 3.8) is 0 Å². The molecule has 69 heavy (non-hydrogen) atoms. The van der Waals surface area contributed by atoms with Gasteiger partial charge in [-0.05, 0) is 62.1 Å². The Morgan fingerprint density at radius 3 is 1.83 bits per heavy atom. The molecule has 21 nitrogen and oxygen atoms in total. The molecule has 0 aromatic heterocycles. The highest BCUT2D eigenvalue weighted by Crippen LogP contribution is 2.20. The number of nitrogens with two attached hydrogens (primary N) is 1. The highest BCUT2D eigenvalue weighted by Gasteiger charge is 2.44. The average Bonchev–Trinajstić information content (AvgIpc) is 3.29. The summed E-state index contributed by atoms with van der Waals surface area (Å²) in [5, 5.41) is 40.4. The maximum atomic E-state index is 13.9. The number of aliphatic hydroxyl groups excluding tert-OH is 2. The fraction of sp³-hybridized carbons (Fsp3) is 0.419. The van der Waals surface area contributed by atoms with Gasteiger partial charge in [-0.3, -0.25) is 24.0 Å². The van der Waals surface area contributed by atoms with Crippen molar-refractivity contribution in [3.05, 3.63) is 96.1 Å². The average molecular weight is 1010 g/mol. The van der Waals surface area contributed by atoms with E-state index in [1.807, 2.05) is 6.07 Å². The molecule has 0 fully saturated rings. The summed E-state index contributed by atoms with van der Waals surface area (Å²) in [7, 11) is -3.95. The fourth-order valence-corrected chi connectivity index (χ4v) is 8.12. The van der Waals surface area contributed by atoms with E-state index < -0.39 is 124 Å². The van der Waals surface area contributed by atoms with E-state index in [9.17, 15) is 65.4 Å². The molecule has 0 aliphatic rings. The van der Waals surface area contributed by atoms with E-state index in [2.05, 4.69) is 46.6 Å². The molecule has 0 radical (unpaired) electrons. The van der Waals surface area contributed by atoms with Crippen molar-refractivity contribution < 1.29 is 75.1 Å². The highest BCUT2D eigenvalue weighted by molar-refractivity contribution is 7.99. The summed E-state index contributed by atoms with van der Waals surface area (Å²) in [4.78, 5) is 97.7. The first-order valence-electron chi connectivity index (χ1n) is 20.9. The molecule has 0 saturated heterocycles. The van der Waals surface area contributed by atoms with Crippen LogP contribution in [0.4, 0.5) is 24.5 Å². The number of azo groups is 1. The topological polar surface area (TPSA) is 323 Å². The molecule has 0 aliphatic carbocycles. The summed E-state index contributed by atoms with van der Waals surface area (Å²) in [6, 6.07) is 14.7. The third kappa shape index (κ3) is 20.7. The van der Waals surface area contributed by atoms with Gasteiger partial charge in [-0.15, -0.1) is 11.8 Å². The predicted molar refractivity (Wildman–Crippen MR) is 242 cm³/mol. The molecule has 0 spiro atoms. The van der Waals surface area contributed by atoms with Gasteiger partial charge in [0, 0.05) is 19.1 Å². The Labute approximate surface area is 398 Å². The minimum atomic E-state index is -5.58. The van der Waals surface area contributed by atoms with Gasteiger partial charge in [0.1, 0.15) is 30.2 Å². The van der Waals surface area contributed by atoms with Gasteiger partial charge < -0.3 is 42.5 Å². The molecule has 0 aliphatic heterocycles. The standard InChI is InChI=1S/C43H53F3N8O13S2/c1-25(55)35(47)39(60)50-33(21-28-11-6-4-7-12-28)38(59)52-36(26(2)56)40(61)49-32(37(58)51-34(22-68-24-48-27(3)57)41(62)66-67-42(63)43(44,45)46)15-10-20-69(64,65)23-29-16-18-31(19-17-29)54-53-30-13-8-5-9-14-30/h4-9,11-14,16-19,25-26,32-36,55-56H,10,15,20-24,47H2,1-3H3,(H,48,57)(H,49,61)(H,50,60)(H,51,58)(H,52,59)/t25-,26-,32+,33+,34+,35+,36+/m1/s1. The van der Waals surface area contributed by atoms with E-state index in [0.29, 0.717) is 22.5 Å². The third-order valence-corrected chi connectivity index (χ3v) is 12.1. The molecule has 26 heteroatoms. The predicted octanol–water partition coefficient (Wildman–Crippen LogP) is 1.46. The number of benzene rings is 3. The number of thioether (sulfide) groups is 1. The summed E-state index contributed by atoms with van der Waals surface area (Å²) in [5.74, 6) is -11.4. The van der Waals surface area contributed by atoms with Gasteiger partial charge in [0.2, 0.25) is 29.5 Å². The first-order valence-corrected chi connectivity index (χ1v) is 23.9. The lowest BCUT2D eigenvalue weighted by Crippen LogP contribution is -2.61. The van der Waals surface area contributed by atoms with Gasteiger partial charge in [-0.25, -0.2) is 27.8 Å². The van der Waals surface area contributed by atoms with Crippen LogP contribution in [-0.4, -0.2) is 126 Å². The van der Waals surface area contributed by atoms with E-state index in [1.165, 1.54) is 19.1 Å². The molecule has 9 N–H and O–H groups in total. The van der Waals surface area contributed by atoms with Crippen LogP contribution in [0.3, 0.4) is 0 Å². The lowest BCUT2D eigenvalue weighted by Gasteiger charge is -2.28. The number of carbonyl (C=O) groups excluding carboxylic acids is 7. The van der Waals surface area contributed by atoms with Crippen molar-refractivity contribution in [3.8, 4) is 0 Å². The van der Waals surface area contributed by atoms with Crippen molar-refractivity contribution in [2.24, 2.45) is 16.0 Å². The Morgan fingerprint density at radius 1 is 0.710 bits per heavy atom. The van der Waals surface area contributed by atoms with Crippen LogP contribution in [0.25, 0.3) is 0 Å². The van der Waals surface area contributed by atoms with E-state index in [1.54, 1.807) is 66.7 Å². The van der Waals surface area contributed by atoms with Crippen molar-refractivity contribution in [2.75, 3.05) is 17.4 Å². The number of nitrogens with one attached hydrogen (secondary N) is 5.